The Labute approximate surface area is 114 Å². The highest BCUT2D eigenvalue weighted by atomic mass is 16.3. The van der Waals surface area contributed by atoms with Gasteiger partial charge < -0.3 is 15.1 Å². The highest BCUT2D eigenvalue weighted by Crippen LogP contribution is 2.49. The van der Waals surface area contributed by atoms with Crippen molar-refractivity contribution in [1.82, 2.24) is 4.90 Å². The summed E-state index contributed by atoms with van der Waals surface area (Å²) >= 11 is 0. The predicted molar refractivity (Wildman–Crippen MR) is 71.4 cm³/mol. The quantitative estimate of drug-likeness (QED) is 0.803. The van der Waals surface area contributed by atoms with Gasteiger partial charge in [-0.1, -0.05) is 6.42 Å². The fraction of sp³-hybridized carbons (Fsp3) is 0.933. The van der Waals surface area contributed by atoms with Gasteiger partial charge in [0, 0.05) is 6.42 Å². The number of aliphatic hydroxyl groups is 2. The lowest BCUT2D eigenvalue weighted by atomic mass is 9.86. The molecule has 3 rings (SSSR count). The number of hydrogen-bond donors (Lipinski definition) is 2. The topological polar surface area (TPSA) is 60.8 Å². The number of nitrogens with zero attached hydrogens (tertiary/aromatic N) is 1. The molecule has 2 N–H and O–H groups in total. The van der Waals surface area contributed by atoms with Gasteiger partial charge in [0.15, 0.2) is 0 Å². The molecule has 0 aromatic heterocycles. The molecule has 19 heavy (non-hydrogen) atoms. The summed E-state index contributed by atoms with van der Waals surface area (Å²) in [5.74, 6) is 2.35. The summed E-state index contributed by atoms with van der Waals surface area (Å²) < 4.78 is 0. The van der Waals surface area contributed by atoms with Crippen molar-refractivity contribution in [2.75, 3.05) is 13.2 Å². The van der Waals surface area contributed by atoms with E-state index in [1.54, 1.807) is 4.90 Å². The summed E-state index contributed by atoms with van der Waals surface area (Å²) in [6.07, 6.45) is 7.48. The van der Waals surface area contributed by atoms with Crippen molar-refractivity contribution in [3.63, 3.8) is 0 Å². The molecule has 3 aliphatic rings. The van der Waals surface area contributed by atoms with Crippen LogP contribution in [0.3, 0.4) is 0 Å². The number of carbonyl (C=O) groups excluding carboxylic acids is 1. The second-order valence-electron chi connectivity index (χ2n) is 6.69. The SMILES string of the molecule is O=C(CC1CC2CCC1C2)N1[C@H](CO)CC[C@H]1CO. The molecule has 5 atom stereocenters. The molecule has 2 saturated carbocycles. The van der Waals surface area contributed by atoms with E-state index in [4.69, 9.17) is 0 Å². The molecule has 3 unspecified atom stereocenters. The molecule has 1 aliphatic heterocycles. The van der Waals surface area contributed by atoms with Gasteiger partial charge in [0.05, 0.1) is 25.3 Å². The lowest BCUT2D eigenvalue weighted by Crippen LogP contribution is -2.45. The number of rotatable bonds is 4. The van der Waals surface area contributed by atoms with E-state index in [1.165, 1.54) is 25.7 Å². The Kier molecular flexibility index (Phi) is 3.81. The highest BCUT2D eigenvalue weighted by Gasteiger charge is 2.43. The predicted octanol–water partition coefficient (Wildman–Crippen LogP) is 1.16. The van der Waals surface area contributed by atoms with E-state index in [-0.39, 0.29) is 31.2 Å². The molecule has 0 radical (unpaired) electrons. The summed E-state index contributed by atoms with van der Waals surface area (Å²) in [6.45, 7) is 0.0535. The Morgan fingerprint density at radius 3 is 2.16 bits per heavy atom. The van der Waals surface area contributed by atoms with Crippen LogP contribution in [-0.4, -0.2) is 46.3 Å². The summed E-state index contributed by atoms with van der Waals surface area (Å²) in [7, 11) is 0. The van der Waals surface area contributed by atoms with Crippen molar-refractivity contribution in [1.29, 1.82) is 0 Å². The first kappa shape index (κ1) is 13.4. The molecular formula is C15H25NO3. The number of hydrogen-bond acceptors (Lipinski definition) is 3. The first-order chi connectivity index (χ1) is 9.22. The fourth-order valence-corrected chi connectivity index (χ4v) is 4.68. The van der Waals surface area contributed by atoms with E-state index >= 15 is 0 Å². The van der Waals surface area contributed by atoms with Crippen molar-refractivity contribution in [3.8, 4) is 0 Å². The van der Waals surface area contributed by atoms with Crippen LogP contribution in [0.1, 0.15) is 44.9 Å². The second-order valence-corrected chi connectivity index (χ2v) is 6.69. The molecule has 4 heteroatoms. The maximum atomic E-state index is 12.5. The second kappa shape index (κ2) is 5.41. The third-order valence-corrected chi connectivity index (χ3v) is 5.65. The third-order valence-electron chi connectivity index (χ3n) is 5.65. The van der Waals surface area contributed by atoms with Crippen molar-refractivity contribution in [3.05, 3.63) is 0 Å². The summed E-state index contributed by atoms with van der Waals surface area (Å²) in [5.41, 5.74) is 0. The number of carbonyl (C=O) groups is 1. The number of likely N-dealkylation sites (tertiary alicyclic amines) is 1. The van der Waals surface area contributed by atoms with Crippen molar-refractivity contribution >= 4 is 5.91 Å². The molecule has 2 aliphatic carbocycles. The standard InChI is InChI=1S/C15H25NO3/c17-8-13-3-4-14(9-18)16(13)15(19)7-12-6-10-1-2-11(12)5-10/h10-14,17-18H,1-9H2/t10?,11?,12?,13-,14-/m0/s1. The van der Waals surface area contributed by atoms with Crippen LogP contribution in [-0.2, 0) is 4.79 Å². The molecule has 3 fully saturated rings. The highest BCUT2D eigenvalue weighted by molar-refractivity contribution is 5.77. The average Bonchev–Trinajstić information content (AvgIpc) is 3.12. The minimum Gasteiger partial charge on any atom is -0.394 e. The van der Waals surface area contributed by atoms with Crippen molar-refractivity contribution in [2.45, 2.75) is 57.0 Å². The molecule has 1 saturated heterocycles. The number of fused-ring (bicyclic) bond motifs is 2. The van der Waals surface area contributed by atoms with Gasteiger partial charge in [-0.2, -0.15) is 0 Å². The van der Waals surface area contributed by atoms with Gasteiger partial charge in [0.1, 0.15) is 0 Å². The van der Waals surface area contributed by atoms with E-state index in [9.17, 15) is 15.0 Å². The molecule has 2 bridgehead atoms. The Balaban J connectivity index is 1.62. The van der Waals surface area contributed by atoms with Crippen LogP contribution >= 0.6 is 0 Å². The lowest BCUT2D eigenvalue weighted by molar-refractivity contribution is -0.137. The monoisotopic (exact) mass is 267 g/mol. The van der Waals surface area contributed by atoms with Gasteiger partial charge in [-0.05, 0) is 49.9 Å². The van der Waals surface area contributed by atoms with Crippen LogP contribution < -0.4 is 0 Å². The molecule has 0 spiro atoms. The summed E-state index contributed by atoms with van der Waals surface area (Å²) in [5, 5.41) is 18.8. The Morgan fingerprint density at radius 1 is 1.00 bits per heavy atom. The molecule has 0 aromatic carbocycles. The van der Waals surface area contributed by atoms with Gasteiger partial charge in [-0.3, -0.25) is 4.79 Å². The minimum atomic E-state index is -0.0664. The largest absolute Gasteiger partial charge is 0.394 e. The zero-order valence-corrected chi connectivity index (χ0v) is 11.5. The van der Waals surface area contributed by atoms with Crippen LogP contribution in [0.4, 0.5) is 0 Å². The van der Waals surface area contributed by atoms with E-state index in [2.05, 4.69) is 0 Å². The first-order valence-corrected chi connectivity index (χ1v) is 7.75. The van der Waals surface area contributed by atoms with Crippen molar-refractivity contribution < 1.29 is 15.0 Å². The molecule has 108 valence electrons. The van der Waals surface area contributed by atoms with Crippen LogP contribution in [0, 0.1) is 17.8 Å². The van der Waals surface area contributed by atoms with Gasteiger partial charge in [0.2, 0.25) is 5.91 Å². The van der Waals surface area contributed by atoms with Gasteiger partial charge >= 0.3 is 0 Å². The molecular weight excluding hydrogens is 242 g/mol. The lowest BCUT2D eigenvalue weighted by Gasteiger charge is -2.31. The number of aliphatic hydroxyl groups excluding tert-OH is 2. The molecule has 1 heterocycles. The van der Waals surface area contributed by atoms with Gasteiger partial charge in [0.25, 0.3) is 0 Å². The van der Waals surface area contributed by atoms with Gasteiger partial charge in [-0.15, -0.1) is 0 Å². The average molecular weight is 267 g/mol. The van der Waals surface area contributed by atoms with Crippen molar-refractivity contribution in [2.24, 2.45) is 17.8 Å². The van der Waals surface area contributed by atoms with Crippen LogP contribution in [0.15, 0.2) is 0 Å². The zero-order chi connectivity index (χ0) is 13.4. The van der Waals surface area contributed by atoms with Gasteiger partial charge in [-0.25, -0.2) is 0 Å². The van der Waals surface area contributed by atoms with E-state index in [1.807, 2.05) is 0 Å². The normalized spacial score (nSPS) is 41.2. The molecule has 1 amide bonds. The smallest absolute Gasteiger partial charge is 0.223 e. The number of amides is 1. The summed E-state index contributed by atoms with van der Waals surface area (Å²) in [6, 6.07) is -0.133. The molecule has 4 nitrogen and oxygen atoms in total. The van der Waals surface area contributed by atoms with E-state index in [0.717, 1.165) is 24.7 Å². The first-order valence-electron chi connectivity index (χ1n) is 7.75. The Morgan fingerprint density at radius 2 is 1.68 bits per heavy atom. The summed E-state index contributed by atoms with van der Waals surface area (Å²) in [4.78, 5) is 14.3. The molecule has 0 aromatic rings. The van der Waals surface area contributed by atoms with E-state index < -0.39 is 0 Å². The zero-order valence-electron chi connectivity index (χ0n) is 11.5. The van der Waals surface area contributed by atoms with Crippen LogP contribution in [0.2, 0.25) is 0 Å². The van der Waals surface area contributed by atoms with Crippen LogP contribution in [0.25, 0.3) is 0 Å². The maximum Gasteiger partial charge on any atom is 0.223 e. The third kappa shape index (κ3) is 2.40. The van der Waals surface area contributed by atoms with E-state index in [0.29, 0.717) is 12.3 Å². The maximum absolute atomic E-state index is 12.5. The Hall–Kier alpha value is -0.610. The Bertz CT molecular complexity index is 334. The fourth-order valence-electron chi connectivity index (χ4n) is 4.68. The van der Waals surface area contributed by atoms with Crippen LogP contribution in [0.5, 0.6) is 0 Å². The minimum absolute atomic E-state index is 0.0267.